The molecular weight excluding hydrogens is 629 g/mol. The van der Waals surface area contributed by atoms with Crippen LogP contribution in [0.25, 0.3) is 84.8 Å². The van der Waals surface area contributed by atoms with Crippen molar-refractivity contribution < 1.29 is 0 Å². The van der Waals surface area contributed by atoms with Crippen LogP contribution in [0.5, 0.6) is 0 Å². The molecule has 6 aromatic carbocycles. The first-order valence-electron chi connectivity index (χ1n) is 17.9. The minimum atomic E-state index is 1.10. The normalized spacial score (nSPS) is 11.9. The van der Waals surface area contributed by atoms with E-state index in [1.54, 1.807) is 0 Å². The molecule has 250 valence electrons. The van der Waals surface area contributed by atoms with Crippen molar-refractivity contribution in [1.82, 2.24) is 9.13 Å². The molecule has 0 fully saturated rings. The molecule has 0 bridgehead atoms. The minimum Gasteiger partial charge on any atom is -0.310 e. The predicted octanol–water partition coefficient (Wildman–Crippen LogP) is 13.8. The first-order valence-corrected chi connectivity index (χ1v) is 17.9. The Morgan fingerprint density at radius 2 is 0.942 bits per heavy atom. The maximum Gasteiger partial charge on any atom is 0.0541 e. The maximum absolute atomic E-state index is 4.15. The quantitative estimate of drug-likeness (QED) is 0.136. The highest BCUT2D eigenvalue weighted by Crippen LogP contribution is 2.34. The Bertz CT molecular complexity index is 2600. The Kier molecular flexibility index (Phi) is 8.96. The molecular formula is C50H40N2. The second kappa shape index (κ2) is 14.3. The van der Waals surface area contributed by atoms with Gasteiger partial charge in [-0.1, -0.05) is 146 Å². The summed E-state index contributed by atoms with van der Waals surface area (Å²) in [6, 6.07) is 54.8. The minimum absolute atomic E-state index is 1.10. The van der Waals surface area contributed by atoms with Crippen molar-refractivity contribution in [2.24, 2.45) is 0 Å². The second-order valence-electron chi connectivity index (χ2n) is 13.0. The van der Waals surface area contributed by atoms with E-state index in [9.17, 15) is 0 Å². The Morgan fingerprint density at radius 3 is 1.46 bits per heavy atom. The van der Waals surface area contributed by atoms with Crippen molar-refractivity contribution in [3.8, 4) is 44.8 Å². The highest BCUT2D eigenvalue weighted by molar-refractivity contribution is 5.95. The van der Waals surface area contributed by atoms with Gasteiger partial charge in [-0.25, -0.2) is 0 Å². The summed E-state index contributed by atoms with van der Waals surface area (Å²) in [4.78, 5) is 0. The van der Waals surface area contributed by atoms with Crippen LogP contribution in [-0.4, -0.2) is 9.13 Å². The fourth-order valence-corrected chi connectivity index (χ4v) is 7.27. The Balaban J connectivity index is 1.01. The summed E-state index contributed by atoms with van der Waals surface area (Å²) in [7, 11) is 0. The van der Waals surface area contributed by atoms with Crippen molar-refractivity contribution in [3.63, 3.8) is 0 Å². The topological polar surface area (TPSA) is 9.86 Å². The molecule has 8 aromatic rings. The van der Waals surface area contributed by atoms with E-state index in [0.717, 1.165) is 22.8 Å². The summed E-state index contributed by atoms with van der Waals surface area (Å²) in [5, 5.41) is 2.46. The van der Waals surface area contributed by atoms with E-state index in [0.29, 0.717) is 0 Å². The summed E-state index contributed by atoms with van der Waals surface area (Å²) in [6.07, 6.45) is 14.6. The van der Waals surface area contributed by atoms with E-state index < -0.39 is 0 Å². The van der Waals surface area contributed by atoms with Crippen LogP contribution >= 0.6 is 0 Å². The highest BCUT2D eigenvalue weighted by Gasteiger charge is 2.15. The largest absolute Gasteiger partial charge is 0.310 e. The third-order valence-corrected chi connectivity index (χ3v) is 9.81. The molecule has 2 aromatic heterocycles. The third kappa shape index (κ3) is 6.05. The molecule has 0 aliphatic heterocycles. The van der Waals surface area contributed by atoms with E-state index in [1.807, 2.05) is 19.1 Å². The zero-order valence-electron chi connectivity index (χ0n) is 29.6. The Hall–Kier alpha value is -6.64. The molecule has 2 nitrogen and oxygen atoms in total. The molecule has 2 heteroatoms. The zero-order chi connectivity index (χ0) is 35.4. The maximum atomic E-state index is 4.15. The summed E-state index contributed by atoms with van der Waals surface area (Å²) in [6.45, 7) is 8.24. The molecule has 0 unspecified atom stereocenters. The first-order chi connectivity index (χ1) is 25.7. The molecule has 0 N–H and O–H groups in total. The predicted molar refractivity (Wildman–Crippen MR) is 225 cm³/mol. The van der Waals surface area contributed by atoms with Crippen molar-refractivity contribution in [2.75, 3.05) is 0 Å². The molecule has 0 saturated carbocycles. The van der Waals surface area contributed by atoms with E-state index >= 15 is 0 Å². The van der Waals surface area contributed by atoms with Gasteiger partial charge in [-0.05, 0) is 102 Å². The summed E-state index contributed by atoms with van der Waals surface area (Å²) in [5.41, 5.74) is 15.3. The number of hydrogen-bond donors (Lipinski definition) is 0. The molecule has 0 radical (unpaired) electrons. The standard InChI is InChI=1S/C50H40N2/c1-4-7-8-15-45-35-42-14-9-11-17-49(42)51(45)43-31-27-40(28-32-43)38-23-19-36(20-24-38)37-21-25-39(26-22-37)41-29-33-44(34-30-41)52-48(6-3)46(13-5-2)47-16-10-12-18-50(47)52/h4-35H,3H2,1-2H3/b7-4-,13-5-,15-8-. The summed E-state index contributed by atoms with van der Waals surface area (Å²) < 4.78 is 4.62. The van der Waals surface area contributed by atoms with Gasteiger partial charge in [0, 0.05) is 33.4 Å². The van der Waals surface area contributed by atoms with Crippen LogP contribution in [0.2, 0.25) is 0 Å². The first kappa shape index (κ1) is 32.6. The van der Waals surface area contributed by atoms with Crippen molar-refractivity contribution in [2.45, 2.75) is 13.8 Å². The molecule has 0 atom stereocenters. The van der Waals surface area contributed by atoms with Gasteiger partial charge in [0.1, 0.15) is 0 Å². The van der Waals surface area contributed by atoms with Crippen LogP contribution in [0.15, 0.2) is 183 Å². The van der Waals surface area contributed by atoms with Crippen LogP contribution in [0, 0.1) is 0 Å². The van der Waals surface area contributed by atoms with Gasteiger partial charge in [0.05, 0.1) is 16.7 Å². The number of rotatable bonds is 9. The van der Waals surface area contributed by atoms with Gasteiger partial charge >= 0.3 is 0 Å². The number of benzene rings is 6. The lowest BCUT2D eigenvalue weighted by Gasteiger charge is -2.11. The number of allylic oxidation sites excluding steroid dienone is 4. The lowest BCUT2D eigenvalue weighted by atomic mass is 9.98. The van der Waals surface area contributed by atoms with Crippen molar-refractivity contribution >= 4 is 40.0 Å². The van der Waals surface area contributed by atoms with Gasteiger partial charge < -0.3 is 9.13 Å². The van der Waals surface area contributed by atoms with Crippen LogP contribution in [0.3, 0.4) is 0 Å². The van der Waals surface area contributed by atoms with Gasteiger partial charge in [-0.3, -0.25) is 0 Å². The molecule has 8 rings (SSSR count). The average molecular weight is 669 g/mol. The summed E-state index contributed by atoms with van der Waals surface area (Å²) >= 11 is 0. The van der Waals surface area contributed by atoms with Crippen LogP contribution in [-0.2, 0) is 0 Å². The highest BCUT2D eigenvalue weighted by atomic mass is 15.0. The SMILES string of the molecule is C=Cc1c(/C=C\C)c2ccccc2n1-c1ccc(-c2ccc(-c3ccc(-c4ccc(-n5c(/C=C\C=C/C)cc6ccccc65)cc4)cc3)cc2)cc1. The Labute approximate surface area is 306 Å². The smallest absolute Gasteiger partial charge is 0.0541 e. The number of nitrogens with zero attached hydrogens (tertiary/aromatic N) is 2. The number of aromatic nitrogens is 2. The number of fused-ring (bicyclic) bond motifs is 2. The van der Waals surface area contributed by atoms with Gasteiger partial charge in [0.25, 0.3) is 0 Å². The second-order valence-corrected chi connectivity index (χ2v) is 13.0. The average Bonchev–Trinajstić information content (AvgIpc) is 3.73. The van der Waals surface area contributed by atoms with E-state index in [2.05, 4.69) is 205 Å². The van der Waals surface area contributed by atoms with Gasteiger partial charge in [-0.15, -0.1) is 0 Å². The van der Waals surface area contributed by atoms with Crippen LogP contribution in [0.1, 0.15) is 30.8 Å². The molecule has 2 heterocycles. The van der Waals surface area contributed by atoms with E-state index in [4.69, 9.17) is 0 Å². The molecule has 0 amide bonds. The monoisotopic (exact) mass is 668 g/mol. The van der Waals surface area contributed by atoms with Crippen molar-refractivity contribution in [3.05, 3.63) is 199 Å². The molecule has 0 saturated heterocycles. The van der Waals surface area contributed by atoms with E-state index in [1.165, 1.54) is 60.8 Å². The van der Waals surface area contributed by atoms with E-state index in [-0.39, 0.29) is 0 Å². The van der Waals surface area contributed by atoms with Gasteiger partial charge in [0.2, 0.25) is 0 Å². The molecule has 52 heavy (non-hydrogen) atoms. The van der Waals surface area contributed by atoms with Gasteiger partial charge in [0.15, 0.2) is 0 Å². The lowest BCUT2D eigenvalue weighted by Crippen LogP contribution is -1.96. The molecule has 0 aliphatic rings. The number of hydrogen-bond acceptors (Lipinski definition) is 0. The van der Waals surface area contributed by atoms with Gasteiger partial charge in [-0.2, -0.15) is 0 Å². The fourth-order valence-electron chi connectivity index (χ4n) is 7.27. The lowest BCUT2D eigenvalue weighted by molar-refractivity contribution is 1.11. The van der Waals surface area contributed by atoms with Crippen LogP contribution in [0.4, 0.5) is 0 Å². The summed E-state index contributed by atoms with van der Waals surface area (Å²) in [5.74, 6) is 0. The number of para-hydroxylation sites is 2. The third-order valence-electron chi connectivity index (χ3n) is 9.81. The Morgan fingerprint density at radius 1 is 0.462 bits per heavy atom. The fraction of sp³-hybridized carbons (Fsp3) is 0.0400. The molecule has 0 spiro atoms. The van der Waals surface area contributed by atoms with Crippen LogP contribution < -0.4 is 0 Å². The van der Waals surface area contributed by atoms with Crippen molar-refractivity contribution in [1.29, 1.82) is 0 Å². The zero-order valence-corrected chi connectivity index (χ0v) is 29.6. The molecule has 0 aliphatic carbocycles.